The normalized spacial score (nSPS) is 33.0. The molecule has 1 aliphatic carbocycles. The van der Waals surface area contributed by atoms with Crippen molar-refractivity contribution in [3.05, 3.63) is 29.3 Å². The van der Waals surface area contributed by atoms with Crippen LogP contribution in [-0.2, 0) is 19.1 Å². The van der Waals surface area contributed by atoms with Crippen molar-refractivity contribution in [3.8, 4) is 5.75 Å². The molecule has 2 bridgehead atoms. The molecule has 7 nitrogen and oxygen atoms in total. The predicted molar refractivity (Wildman–Crippen MR) is 114 cm³/mol. The van der Waals surface area contributed by atoms with Gasteiger partial charge in [-0.25, -0.2) is 8.78 Å². The molecule has 3 fully saturated rings. The Morgan fingerprint density at radius 2 is 1.94 bits per heavy atom. The van der Waals surface area contributed by atoms with E-state index in [-0.39, 0.29) is 55.3 Å². The largest absolute Gasteiger partial charge is 0.490 e. The molecule has 33 heavy (non-hydrogen) atoms. The summed E-state index contributed by atoms with van der Waals surface area (Å²) in [6, 6.07) is 1.84. The second-order valence-electron chi connectivity index (χ2n) is 9.61. The molecule has 1 spiro atoms. The fraction of sp³-hybridized carbons (Fsp3) is 0.667. The number of rotatable bonds is 0. The van der Waals surface area contributed by atoms with Gasteiger partial charge in [-0.2, -0.15) is 0 Å². The number of fused-ring (bicyclic) bond motifs is 6. The zero-order valence-corrected chi connectivity index (χ0v) is 18.6. The van der Waals surface area contributed by atoms with Crippen LogP contribution < -0.4 is 10.1 Å². The molecular formula is C24H30F2N2O5. The Kier molecular flexibility index (Phi) is 6.26. The van der Waals surface area contributed by atoms with Crippen LogP contribution in [0.3, 0.4) is 0 Å². The first-order valence-corrected chi connectivity index (χ1v) is 11.9. The van der Waals surface area contributed by atoms with Gasteiger partial charge in [0.05, 0.1) is 43.9 Å². The molecule has 1 aromatic carbocycles. The average molecular weight is 465 g/mol. The Hall–Kier alpha value is -2.26. The molecule has 2 amide bonds. The van der Waals surface area contributed by atoms with Crippen molar-refractivity contribution >= 4 is 11.8 Å². The lowest BCUT2D eigenvalue weighted by Crippen LogP contribution is -2.72. The summed E-state index contributed by atoms with van der Waals surface area (Å²) in [6.07, 6.45) is 4.45. The van der Waals surface area contributed by atoms with Crippen LogP contribution in [0.25, 0.3) is 0 Å². The number of hydrogen-bond donors (Lipinski definition) is 1. The number of morpholine rings is 1. The average Bonchev–Trinajstić information content (AvgIpc) is 2.79. The van der Waals surface area contributed by atoms with Gasteiger partial charge in [-0.3, -0.25) is 9.59 Å². The Morgan fingerprint density at radius 3 is 2.73 bits per heavy atom. The highest BCUT2D eigenvalue weighted by Crippen LogP contribution is 2.41. The number of ether oxygens (including phenoxy) is 3. The fourth-order valence-corrected chi connectivity index (χ4v) is 5.91. The summed E-state index contributed by atoms with van der Waals surface area (Å²) < 4.78 is 46.3. The van der Waals surface area contributed by atoms with Gasteiger partial charge >= 0.3 is 0 Å². The molecule has 1 saturated carbocycles. The van der Waals surface area contributed by atoms with E-state index in [4.69, 9.17) is 14.2 Å². The van der Waals surface area contributed by atoms with Crippen LogP contribution in [-0.4, -0.2) is 67.4 Å². The molecule has 180 valence electrons. The molecule has 0 radical (unpaired) electrons. The summed E-state index contributed by atoms with van der Waals surface area (Å²) >= 11 is 0. The minimum Gasteiger partial charge on any atom is -0.490 e. The van der Waals surface area contributed by atoms with Crippen molar-refractivity contribution in [1.82, 2.24) is 10.2 Å². The highest BCUT2D eigenvalue weighted by Gasteiger charge is 2.49. The molecule has 0 unspecified atom stereocenters. The Labute approximate surface area is 191 Å². The first-order valence-electron chi connectivity index (χ1n) is 11.9. The minimum absolute atomic E-state index is 0.0103. The summed E-state index contributed by atoms with van der Waals surface area (Å²) in [7, 11) is 0. The third-order valence-electron chi connectivity index (χ3n) is 7.54. The number of hydrogen-bond acceptors (Lipinski definition) is 5. The Morgan fingerprint density at radius 1 is 1.12 bits per heavy atom. The van der Waals surface area contributed by atoms with Crippen LogP contribution in [0.1, 0.15) is 56.4 Å². The van der Waals surface area contributed by atoms with E-state index in [2.05, 4.69) is 5.32 Å². The maximum atomic E-state index is 14.6. The van der Waals surface area contributed by atoms with E-state index in [9.17, 15) is 18.4 Å². The van der Waals surface area contributed by atoms with Gasteiger partial charge in [0, 0.05) is 18.2 Å². The van der Waals surface area contributed by atoms with Gasteiger partial charge in [0.1, 0.15) is 12.4 Å². The Bertz CT molecular complexity index is 916. The van der Waals surface area contributed by atoms with E-state index in [0.717, 1.165) is 38.2 Å². The van der Waals surface area contributed by atoms with Crippen molar-refractivity contribution in [1.29, 1.82) is 0 Å². The zero-order valence-electron chi connectivity index (χ0n) is 18.6. The van der Waals surface area contributed by atoms with Crippen LogP contribution in [0.5, 0.6) is 5.75 Å². The van der Waals surface area contributed by atoms with Crippen LogP contribution >= 0.6 is 0 Å². The second kappa shape index (κ2) is 9.18. The molecule has 0 aromatic heterocycles. The summed E-state index contributed by atoms with van der Waals surface area (Å²) in [6.45, 7) is 1.21. The number of amides is 2. The molecule has 6 rings (SSSR count). The SMILES string of the molecule is O=C1COC[C@]2(CCCN3C(=O)CCOc4c(F)cc(F)cc4[C@H]4CC[C@H](CC4)OC[C@@H]32)N1. The number of halogens is 2. The van der Waals surface area contributed by atoms with Crippen LogP contribution in [0.4, 0.5) is 8.78 Å². The van der Waals surface area contributed by atoms with Gasteiger partial charge in [0.15, 0.2) is 11.6 Å². The van der Waals surface area contributed by atoms with E-state index in [1.807, 2.05) is 0 Å². The van der Waals surface area contributed by atoms with Crippen molar-refractivity contribution in [3.63, 3.8) is 0 Å². The third-order valence-corrected chi connectivity index (χ3v) is 7.54. The number of piperidine rings is 1. The molecule has 1 N–H and O–H groups in total. The number of benzene rings is 1. The van der Waals surface area contributed by atoms with E-state index in [1.165, 1.54) is 6.07 Å². The molecule has 5 aliphatic rings. The Balaban J connectivity index is 1.44. The van der Waals surface area contributed by atoms with Crippen molar-refractivity contribution in [2.24, 2.45) is 0 Å². The summed E-state index contributed by atoms with van der Waals surface area (Å²) in [5.74, 6) is -1.66. The van der Waals surface area contributed by atoms with Gasteiger partial charge in [-0.15, -0.1) is 0 Å². The lowest BCUT2D eigenvalue weighted by Gasteiger charge is -2.51. The number of carbonyl (C=O) groups is 2. The van der Waals surface area contributed by atoms with Gasteiger partial charge in [0.2, 0.25) is 11.8 Å². The topological polar surface area (TPSA) is 77.1 Å². The maximum Gasteiger partial charge on any atom is 0.246 e. The monoisotopic (exact) mass is 464 g/mol. The summed E-state index contributed by atoms with van der Waals surface area (Å²) in [5, 5.41) is 3.10. The molecule has 1 aromatic rings. The highest BCUT2D eigenvalue weighted by molar-refractivity contribution is 5.80. The fourth-order valence-electron chi connectivity index (χ4n) is 5.91. The van der Waals surface area contributed by atoms with Gasteiger partial charge in [-0.1, -0.05) is 0 Å². The van der Waals surface area contributed by atoms with Crippen molar-refractivity contribution in [2.45, 2.75) is 68.5 Å². The molecular weight excluding hydrogens is 434 g/mol. The maximum absolute atomic E-state index is 14.6. The number of carbonyl (C=O) groups excluding carboxylic acids is 2. The van der Waals surface area contributed by atoms with E-state index < -0.39 is 17.2 Å². The lowest BCUT2D eigenvalue weighted by molar-refractivity contribution is -0.155. The van der Waals surface area contributed by atoms with Gasteiger partial charge in [0.25, 0.3) is 0 Å². The summed E-state index contributed by atoms with van der Waals surface area (Å²) in [5.41, 5.74) is -0.137. The quantitative estimate of drug-likeness (QED) is 0.639. The van der Waals surface area contributed by atoms with Crippen LogP contribution in [0.15, 0.2) is 12.1 Å². The van der Waals surface area contributed by atoms with Crippen LogP contribution in [0.2, 0.25) is 0 Å². The lowest BCUT2D eigenvalue weighted by atomic mass is 9.80. The predicted octanol–water partition coefficient (Wildman–Crippen LogP) is 2.67. The minimum atomic E-state index is -0.736. The number of nitrogens with one attached hydrogen (secondary N) is 1. The first kappa shape index (κ1) is 22.5. The van der Waals surface area contributed by atoms with Gasteiger partial charge < -0.3 is 24.4 Å². The van der Waals surface area contributed by atoms with Gasteiger partial charge in [-0.05, 0) is 50.5 Å². The number of nitrogens with zero attached hydrogens (tertiary/aromatic N) is 1. The zero-order chi connectivity index (χ0) is 23.0. The van der Waals surface area contributed by atoms with Crippen molar-refractivity contribution < 1.29 is 32.6 Å². The van der Waals surface area contributed by atoms with Crippen molar-refractivity contribution in [2.75, 3.05) is 33.0 Å². The highest BCUT2D eigenvalue weighted by atomic mass is 19.1. The van der Waals surface area contributed by atoms with Crippen LogP contribution in [0, 0.1) is 11.6 Å². The molecule has 4 heterocycles. The molecule has 4 aliphatic heterocycles. The second-order valence-corrected chi connectivity index (χ2v) is 9.61. The van der Waals surface area contributed by atoms with E-state index >= 15 is 0 Å². The molecule has 2 saturated heterocycles. The third kappa shape index (κ3) is 4.45. The van der Waals surface area contributed by atoms with E-state index in [1.54, 1.807) is 4.90 Å². The summed E-state index contributed by atoms with van der Waals surface area (Å²) in [4.78, 5) is 27.2. The standard InChI is InChI=1S/C24H30F2N2O5/c25-16-10-18-15-2-4-17(5-3-15)33-12-20-24(14-31-13-21(29)27-24)7-1-8-28(20)22(30)6-9-32-23(18)19(26)11-16/h10-11,15,17,20H,1-9,12-14H2,(H,27,29)/t15-,17+,20-,24+/m1/s1. The molecule has 9 heteroatoms. The van der Waals surface area contributed by atoms with E-state index in [0.29, 0.717) is 31.7 Å². The molecule has 2 atom stereocenters. The first-order chi connectivity index (χ1) is 15.9. The smallest absolute Gasteiger partial charge is 0.246 e.